The first-order chi connectivity index (χ1) is 13.7. The number of piperidine rings is 1. The number of amides is 1. The topological polar surface area (TPSA) is 75.3 Å². The van der Waals surface area contributed by atoms with Crippen molar-refractivity contribution in [2.24, 2.45) is 0 Å². The van der Waals surface area contributed by atoms with E-state index in [-0.39, 0.29) is 17.4 Å². The molecule has 3 heterocycles. The van der Waals surface area contributed by atoms with Gasteiger partial charge in [0.2, 0.25) is 5.88 Å². The largest absolute Gasteiger partial charge is 0.478 e. The lowest BCUT2D eigenvalue weighted by atomic mass is 9.92. The Morgan fingerprint density at radius 2 is 2.00 bits per heavy atom. The third kappa shape index (κ3) is 3.63. The summed E-state index contributed by atoms with van der Waals surface area (Å²) in [5, 5.41) is 1.67. The molecule has 0 bridgehead atoms. The van der Waals surface area contributed by atoms with Crippen molar-refractivity contribution in [1.82, 2.24) is 14.9 Å². The SMILES string of the molecule is CCOc1ccc(C(=O)N2CCC(c3cc4ccccc4c(=O)[nH]3)CC2)cn1. The molecule has 28 heavy (non-hydrogen) atoms. The van der Waals surface area contributed by atoms with Gasteiger partial charge < -0.3 is 14.6 Å². The Hall–Kier alpha value is -3.15. The first-order valence-electron chi connectivity index (χ1n) is 9.66. The molecule has 2 aromatic heterocycles. The highest BCUT2D eigenvalue weighted by Crippen LogP contribution is 2.28. The van der Waals surface area contributed by atoms with Crippen molar-refractivity contribution >= 4 is 16.7 Å². The average molecular weight is 377 g/mol. The molecular weight excluding hydrogens is 354 g/mol. The minimum Gasteiger partial charge on any atom is -0.478 e. The summed E-state index contributed by atoms with van der Waals surface area (Å²) in [6.07, 6.45) is 3.22. The third-order valence-electron chi connectivity index (χ3n) is 5.27. The Kier molecular flexibility index (Phi) is 5.10. The van der Waals surface area contributed by atoms with Crippen LogP contribution in [0.3, 0.4) is 0 Å². The lowest BCUT2D eigenvalue weighted by Gasteiger charge is -2.32. The number of aromatic nitrogens is 2. The van der Waals surface area contributed by atoms with Gasteiger partial charge in [-0.05, 0) is 43.4 Å². The first kappa shape index (κ1) is 18.2. The van der Waals surface area contributed by atoms with E-state index < -0.39 is 0 Å². The standard InChI is InChI=1S/C22H23N3O3/c1-2-28-20-8-7-17(14-23-20)22(27)25-11-9-15(10-12-25)19-13-16-5-3-4-6-18(16)21(26)24-19/h3-8,13-15H,2,9-12H2,1H3,(H,24,26). The molecule has 1 aromatic carbocycles. The first-order valence-corrected chi connectivity index (χ1v) is 9.66. The molecule has 1 saturated heterocycles. The molecule has 0 aliphatic carbocycles. The van der Waals surface area contributed by atoms with Crippen LogP contribution in [-0.2, 0) is 0 Å². The van der Waals surface area contributed by atoms with E-state index in [0.717, 1.165) is 23.9 Å². The summed E-state index contributed by atoms with van der Waals surface area (Å²) in [6, 6.07) is 13.2. The number of ether oxygens (including phenoxy) is 1. The maximum Gasteiger partial charge on any atom is 0.256 e. The van der Waals surface area contributed by atoms with E-state index in [1.54, 1.807) is 18.3 Å². The number of nitrogens with zero attached hydrogens (tertiary/aromatic N) is 2. The number of carbonyl (C=O) groups excluding carboxylic acids is 1. The minimum atomic E-state index is -0.0490. The van der Waals surface area contributed by atoms with Crippen LogP contribution in [0.4, 0.5) is 0 Å². The second-order valence-corrected chi connectivity index (χ2v) is 7.03. The molecule has 6 heteroatoms. The Morgan fingerprint density at radius 3 is 2.71 bits per heavy atom. The molecule has 6 nitrogen and oxygen atoms in total. The quantitative estimate of drug-likeness (QED) is 0.757. The molecular formula is C22H23N3O3. The van der Waals surface area contributed by atoms with Crippen molar-refractivity contribution in [1.29, 1.82) is 0 Å². The molecule has 1 aliphatic rings. The van der Waals surface area contributed by atoms with Crippen molar-refractivity contribution < 1.29 is 9.53 Å². The molecule has 1 N–H and O–H groups in total. The maximum atomic E-state index is 12.7. The van der Waals surface area contributed by atoms with E-state index in [9.17, 15) is 9.59 Å². The Morgan fingerprint density at radius 1 is 1.21 bits per heavy atom. The van der Waals surface area contributed by atoms with E-state index in [1.807, 2.05) is 36.1 Å². The fraction of sp³-hybridized carbons (Fsp3) is 0.318. The van der Waals surface area contributed by atoms with Gasteiger partial charge in [-0.15, -0.1) is 0 Å². The van der Waals surface area contributed by atoms with Crippen molar-refractivity contribution in [3.8, 4) is 5.88 Å². The van der Waals surface area contributed by atoms with Gasteiger partial charge in [0.15, 0.2) is 0 Å². The van der Waals surface area contributed by atoms with Crippen molar-refractivity contribution in [2.75, 3.05) is 19.7 Å². The van der Waals surface area contributed by atoms with E-state index in [4.69, 9.17) is 4.74 Å². The van der Waals surface area contributed by atoms with Gasteiger partial charge in [0.05, 0.1) is 12.2 Å². The Bertz CT molecular complexity index is 1030. The number of carbonyl (C=O) groups is 1. The van der Waals surface area contributed by atoms with Crippen LogP contribution in [0.15, 0.2) is 53.5 Å². The third-order valence-corrected chi connectivity index (χ3v) is 5.27. The fourth-order valence-corrected chi connectivity index (χ4v) is 3.77. The number of benzene rings is 1. The number of nitrogens with one attached hydrogen (secondary N) is 1. The second kappa shape index (κ2) is 7.84. The van der Waals surface area contributed by atoms with Crippen LogP contribution >= 0.6 is 0 Å². The van der Waals surface area contributed by atoms with Crippen LogP contribution in [0.25, 0.3) is 10.8 Å². The van der Waals surface area contributed by atoms with Crippen LogP contribution in [0.2, 0.25) is 0 Å². The molecule has 144 valence electrons. The van der Waals surface area contributed by atoms with Gasteiger partial charge >= 0.3 is 0 Å². The van der Waals surface area contributed by atoms with Crippen LogP contribution < -0.4 is 10.3 Å². The smallest absolute Gasteiger partial charge is 0.256 e. The van der Waals surface area contributed by atoms with Crippen LogP contribution in [-0.4, -0.2) is 40.5 Å². The molecule has 0 radical (unpaired) electrons. The number of fused-ring (bicyclic) bond motifs is 1. The molecule has 0 spiro atoms. The van der Waals surface area contributed by atoms with Gasteiger partial charge in [-0.3, -0.25) is 9.59 Å². The summed E-state index contributed by atoms with van der Waals surface area (Å²) in [5.74, 6) is 0.763. The van der Waals surface area contributed by atoms with Crippen LogP contribution in [0.5, 0.6) is 5.88 Å². The van der Waals surface area contributed by atoms with Gasteiger partial charge in [-0.2, -0.15) is 0 Å². The van der Waals surface area contributed by atoms with Crippen molar-refractivity contribution in [2.45, 2.75) is 25.7 Å². The summed E-state index contributed by atoms with van der Waals surface area (Å²) < 4.78 is 5.32. The molecule has 1 fully saturated rings. The van der Waals surface area contributed by atoms with E-state index in [1.165, 1.54) is 0 Å². The molecule has 0 saturated carbocycles. The number of aromatic amines is 1. The summed E-state index contributed by atoms with van der Waals surface area (Å²) in [4.78, 5) is 34.1. The molecule has 3 aromatic rings. The molecule has 1 aliphatic heterocycles. The predicted octanol–water partition coefficient (Wildman–Crippen LogP) is 3.34. The normalized spacial score (nSPS) is 15.0. The summed E-state index contributed by atoms with van der Waals surface area (Å²) in [7, 11) is 0. The zero-order chi connectivity index (χ0) is 19.5. The summed E-state index contributed by atoms with van der Waals surface area (Å²) in [6.45, 7) is 3.76. The van der Waals surface area contributed by atoms with Crippen LogP contribution in [0.1, 0.15) is 41.7 Å². The zero-order valence-corrected chi connectivity index (χ0v) is 15.9. The monoisotopic (exact) mass is 377 g/mol. The molecule has 0 unspecified atom stereocenters. The maximum absolute atomic E-state index is 12.7. The average Bonchev–Trinajstić information content (AvgIpc) is 2.74. The fourth-order valence-electron chi connectivity index (χ4n) is 3.77. The van der Waals surface area contributed by atoms with Crippen molar-refractivity contribution in [3.05, 3.63) is 70.3 Å². The van der Waals surface area contributed by atoms with Gasteiger partial charge in [-0.25, -0.2) is 4.98 Å². The number of hydrogen-bond donors (Lipinski definition) is 1. The van der Waals surface area contributed by atoms with Crippen molar-refractivity contribution in [3.63, 3.8) is 0 Å². The number of hydrogen-bond acceptors (Lipinski definition) is 4. The second-order valence-electron chi connectivity index (χ2n) is 7.03. The molecule has 0 atom stereocenters. The molecule has 1 amide bonds. The highest BCUT2D eigenvalue weighted by Gasteiger charge is 2.25. The van der Waals surface area contributed by atoms with Gasteiger partial charge in [0, 0.05) is 42.4 Å². The van der Waals surface area contributed by atoms with Gasteiger partial charge in [0.1, 0.15) is 0 Å². The Balaban J connectivity index is 1.44. The zero-order valence-electron chi connectivity index (χ0n) is 15.9. The number of likely N-dealkylation sites (tertiary alicyclic amines) is 1. The van der Waals surface area contributed by atoms with Gasteiger partial charge in [-0.1, -0.05) is 18.2 Å². The summed E-state index contributed by atoms with van der Waals surface area (Å²) in [5.41, 5.74) is 1.48. The lowest BCUT2D eigenvalue weighted by Crippen LogP contribution is -2.38. The predicted molar refractivity (Wildman–Crippen MR) is 108 cm³/mol. The molecule has 4 rings (SSSR count). The van der Waals surface area contributed by atoms with Gasteiger partial charge in [0.25, 0.3) is 11.5 Å². The lowest BCUT2D eigenvalue weighted by molar-refractivity contribution is 0.0711. The number of pyridine rings is 2. The number of H-pyrrole nitrogens is 1. The minimum absolute atomic E-state index is 0.0130. The van der Waals surface area contributed by atoms with E-state index in [2.05, 4.69) is 16.0 Å². The summed E-state index contributed by atoms with van der Waals surface area (Å²) >= 11 is 0. The number of rotatable bonds is 4. The van der Waals surface area contributed by atoms with Crippen LogP contribution in [0, 0.1) is 0 Å². The highest BCUT2D eigenvalue weighted by molar-refractivity contribution is 5.94. The highest BCUT2D eigenvalue weighted by atomic mass is 16.5. The van der Waals surface area contributed by atoms with E-state index >= 15 is 0 Å². The van der Waals surface area contributed by atoms with E-state index in [0.29, 0.717) is 36.5 Å². The Labute approximate surface area is 163 Å².